The zero-order valence-corrected chi connectivity index (χ0v) is 21.5. The maximum absolute atomic E-state index is 13.8. The number of carbonyl (C=O) groups excluding carboxylic acids is 2. The van der Waals surface area contributed by atoms with Gasteiger partial charge in [0.05, 0.1) is 13.7 Å². The lowest BCUT2D eigenvalue weighted by atomic mass is 10.0. The Morgan fingerprint density at radius 1 is 1.19 bits per heavy atom. The molecule has 1 aliphatic rings. The summed E-state index contributed by atoms with van der Waals surface area (Å²) in [5.41, 5.74) is 1.19. The van der Waals surface area contributed by atoms with Gasteiger partial charge >= 0.3 is 11.8 Å². The fourth-order valence-electron chi connectivity index (χ4n) is 4.56. The van der Waals surface area contributed by atoms with Gasteiger partial charge < -0.3 is 24.5 Å². The van der Waals surface area contributed by atoms with E-state index in [1.165, 1.54) is 34.7 Å². The maximum atomic E-state index is 13.8. The van der Waals surface area contributed by atoms with Gasteiger partial charge in [-0.25, -0.2) is 4.79 Å². The molecule has 2 aromatic rings. The third-order valence-corrected chi connectivity index (χ3v) is 6.62. The van der Waals surface area contributed by atoms with Crippen LogP contribution in [0, 0.1) is 10.1 Å². The molecule has 196 valence electrons. The Bertz CT molecular complexity index is 1040. The third-order valence-electron chi connectivity index (χ3n) is 6.62. The average molecular weight is 501 g/mol. The van der Waals surface area contributed by atoms with Gasteiger partial charge in [0.25, 0.3) is 0 Å². The molecule has 1 aliphatic heterocycles. The molecule has 0 saturated carbocycles. The summed E-state index contributed by atoms with van der Waals surface area (Å²) in [6.45, 7) is 6.55. The van der Waals surface area contributed by atoms with E-state index in [4.69, 9.17) is 9.47 Å². The van der Waals surface area contributed by atoms with Gasteiger partial charge in [0, 0.05) is 6.42 Å². The van der Waals surface area contributed by atoms with Gasteiger partial charge in [0.2, 0.25) is 12.2 Å². The SMILES string of the molecule is CCCCCC[C@H](C(=O)N1C[C@@H](Oc2ccc(C(C)C)cc2)C[C@H]1C(=O)OC)n1cnc([N+](=O)[O-])c1. The Labute approximate surface area is 211 Å². The first-order valence-corrected chi connectivity index (χ1v) is 12.6. The molecule has 1 fully saturated rings. The summed E-state index contributed by atoms with van der Waals surface area (Å²) in [5.74, 6) is -0.0565. The lowest BCUT2D eigenvalue weighted by molar-refractivity contribution is -0.389. The second-order valence-corrected chi connectivity index (χ2v) is 9.53. The van der Waals surface area contributed by atoms with E-state index >= 15 is 0 Å². The summed E-state index contributed by atoms with van der Waals surface area (Å²) in [5, 5.41) is 11.2. The Morgan fingerprint density at radius 3 is 2.50 bits per heavy atom. The van der Waals surface area contributed by atoms with Gasteiger partial charge in [-0.2, -0.15) is 0 Å². The number of carbonyl (C=O) groups is 2. The van der Waals surface area contributed by atoms with E-state index in [1.807, 2.05) is 24.3 Å². The van der Waals surface area contributed by atoms with Gasteiger partial charge in [0.1, 0.15) is 30.1 Å². The summed E-state index contributed by atoms with van der Waals surface area (Å²) in [7, 11) is 1.30. The Kier molecular flexibility index (Phi) is 9.44. The molecule has 1 saturated heterocycles. The highest BCUT2D eigenvalue weighted by Gasteiger charge is 2.44. The van der Waals surface area contributed by atoms with Gasteiger partial charge in [-0.05, 0) is 39.9 Å². The number of nitrogens with zero attached hydrogens (tertiary/aromatic N) is 4. The van der Waals surface area contributed by atoms with Crippen molar-refractivity contribution >= 4 is 17.7 Å². The summed E-state index contributed by atoms with van der Waals surface area (Å²) >= 11 is 0. The number of aromatic nitrogens is 2. The molecule has 10 heteroatoms. The van der Waals surface area contributed by atoms with Crippen LogP contribution in [0.4, 0.5) is 5.82 Å². The van der Waals surface area contributed by atoms with Crippen LogP contribution in [-0.4, -0.2) is 57.1 Å². The van der Waals surface area contributed by atoms with Crippen LogP contribution < -0.4 is 4.74 Å². The van der Waals surface area contributed by atoms with Crippen molar-refractivity contribution in [3.63, 3.8) is 0 Å². The van der Waals surface area contributed by atoms with Crippen LogP contribution in [0.2, 0.25) is 0 Å². The number of unbranched alkanes of at least 4 members (excludes halogenated alkanes) is 3. The zero-order valence-electron chi connectivity index (χ0n) is 21.5. The number of rotatable bonds is 12. The zero-order chi connectivity index (χ0) is 26.2. The van der Waals surface area contributed by atoms with E-state index in [1.54, 1.807) is 0 Å². The van der Waals surface area contributed by atoms with Crippen molar-refractivity contribution in [1.82, 2.24) is 14.5 Å². The maximum Gasteiger partial charge on any atom is 0.381 e. The van der Waals surface area contributed by atoms with Crippen LogP contribution in [0.3, 0.4) is 0 Å². The Hall–Kier alpha value is -3.43. The second kappa shape index (κ2) is 12.5. The van der Waals surface area contributed by atoms with Crippen molar-refractivity contribution in [3.8, 4) is 5.75 Å². The second-order valence-electron chi connectivity index (χ2n) is 9.53. The molecule has 3 atom stereocenters. The molecule has 0 spiro atoms. The monoisotopic (exact) mass is 500 g/mol. The molecule has 1 aromatic carbocycles. The summed E-state index contributed by atoms with van der Waals surface area (Å²) in [4.78, 5) is 42.3. The molecule has 1 amide bonds. The van der Waals surface area contributed by atoms with Gasteiger partial charge in [-0.1, -0.05) is 58.6 Å². The minimum atomic E-state index is -0.793. The lowest BCUT2D eigenvalue weighted by Crippen LogP contribution is -2.44. The number of hydrogen-bond acceptors (Lipinski definition) is 7. The largest absolute Gasteiger partial charge is 0.488 e. The molecule has 36 heavy (non-hydrogen) atoms. The molecule has 10 nitrogen and oxygen atoms in total. The fourth-order valence-corrected chi connectivity index (χ4v) is 4.56. The predicted octanol–water partition coefficient (Wildman–Crippen LogP) is 4.65. The third kappa shape index (κ3) is 6.61. The standard InChI is InChI=1S/C26H36N4O6/c1-5-6-7-8-9-22(28-16-24(27-17-28)30(33)34)25(31)29-15-21(14-23(29)26(32)35-4)36-20-12-10-19(11-13-20)18(2)3/h10-13,16-18,21-23H,5-9,14-15H2,1-4H3/t21-,22+,23-/m0/s1. The number of nitro groups is 1. The summed E-state index contributed by atoms with van der Waals surface area (Å²) in [6.07, 6.45) is 6.78. The minimum absolute atomic E-state index is 0.215. The number of imidazole rings is 1. The van der Waals surface area contributed by atoms with E-state index in [9.17, 15) is 19.7 Å². The van der Waals surface area contributed by atoms with E-state index in [2.05, 4.69) is 25.8 Å². The number of ether oxygens (including phenoxy) is 2. The van der Waals surface area contributed by atoms with Crippen LogP contribution >= 0.6 is 0 Å². The lowest BCUT2D eigenvalue weighted by Gasteiger charge is -2.27. The molecule has 1 aromatic heterocycles. The number of hydrogen-bond donors (Lipinski definition) is 0. The number of benzene rings is 1. The smallest absolute Gasteiger partial charge is 0.381 e. The predicted molar refractivity (Wildman–Crippen MR) is 134 cm³/mol. The van der Waals surface area contributed by atoms with Gasteiger partial charge in [-0.3, -0.25) is 9.36 Å². The normalized spacial score (nSPS) is 18.3. The fraction of sp³-hybridized carbons (Fsp3) is 0.577. The van der Waals surface area contributed by atoms with E-state index in [0.29, 0.717) is 24.5 Å². The molecule has 0 unspecified atom stereocenters. The number of amides is 1. The van der Waals surface area contributed by atoms with Crippen LogP contribution in [-0.2, 0) is 14.3 Å². The molecule has 0 bridgehead atoms. The molecule has 3 rings (SSSR count). The molecular formula is C26H36N4O6. The van der Waals surface area contributed by atoms with Crippen molar-refractivity contribution in [3.05, 3.63) is 52.5 Å². The van der Waals surface area contributed by atoms with Crippen LogP contribution in [0.15, 0.2) is 36.8 Å². The van der Waals surface area contributed by atoms with E-state index in [-0.39, 0.29) is 24.4 Å². The van der Waals surface area contributed by atoms with Crippen LogP contribution in [0.5, 0.6) is 5.75 Å². The highest BCUT2D eigenvalue weighted by Crippen LogP contribution is 2.30. The summed E-state index contributed by atoms with van der Waals surface area (Å²) < 4.78 is 12.6. The number of methoxy groups -OCH3 is 1. The topological polar surface area (TPSA) is 117 Å². The van der Waals surface area contributed by atoms with Crippen LogP contribution in [0.25, 0.3) is 0 Å². The quantitative estimate of drug-likeness (QED) is 0.180. The van der Waals surface area contributed by atoms with Crippen LogP contribution in [0.1, 0.15) is 76.8 Å². The highest BCUT2D eigenvalue weighted by atomic mass is 16.6. The first kappa shape index (κ1) is 27.2. The number of likely N-dealkylation sites (tertiary alicyclic amines) is 1. The Balaban J connectivity index is 1.80. The van der Waals surface area contributed by atoms with Crippen molar-refractivity contribution in [1.29, 1.82) is 0 Å². The molecule has 0 radical (unpaired) electrons. The molecular weight excluding hydrogens is 464 g/mol. The molecule has 0 N–H and O–H groups in total. The van der Waals surface area contributed by atoms with Gasteiger partial charge in [-0.15, -0.1) is 0 Å². The molecule has 0 aliphatic carbocycles. The Morgan fingerprint density at radius 2 is 1.92 bits per heavy atom. The highest BCUT2D eigenvalue weighted by molar-refractivity contribution is 5.87. The van der Waals surface area contributed by atoms with Gasteiger partial charge in [0.15, 0.2) is 0 Å². The minimum Gasteiger partial charge on any atom is -0.488 e. The van der Waals surface area contributed by atoms with E-state index < -0.39 is 23.0 Å². The van der Waals surface area contributed by atoms with Crippen molar-refractivity contribution in [2.75, 3.05) is 13.7 Å². The van der Waals surface area contributed by atoms with Crippen molar-refractivity contribution < 1.29 is 24.0 Å². The van der Waals surface area contributed by atoms with E-state index in [0.717, 1.165) is 25.7 Å². The van der Waals surface area contributed by atoms with Crippen molar-refractivity contribution in [2.24, 2.45) is 0 Å². The first-order valence-electron chi connectivity index (χ1n) is 12.6. The number of esters is 1. The van der Waals surface area contributed by atoms with Crippen molar-refractivity contribution in [2.45, 2.75) is 83.4 Å². The molecule has 2 heterocycles. The average Bonchev–Trinajstić information content (AvgIpc) is 3.51. The summed E-state index contributed by atoms with van der Waals surface area (Å²) in [6, 6.07) is 6.31. The first-order chi connectivity index (χ1) is 17.2.